The first kappa shape index (κ1) is 19.0. The van der Waals surface area contributed by atoms with Gasteiger partial charge in [0, 0.05) is 24.2 Å². The van der Waals surface area contributed by atoms with E-state index in [1.807, 2.05) is 45.0 Å². The number of ether oxygens (including phenoxy) is 1. The van der Waals surface area contributed by atoms with Gasteiger partial charge in [-0.25, -0.2) is 4.79 Å². The molecule has 134 valence electrons. The van der Waals surface area contributed by atoms with E-state index in [1.54, 1.807) is 4.90 Å². The van der Waals surface area contributed by atoms with E-state index in [4.69, 9.17) is 16.3 Å². The van der Waals surface area contributed by atoms with Gasteiger partial charge in [0.1, 0.15) is 5.60 Å². The standard InChI is InChI=1S/C18H27ClN2O3/c1-18(2,3)24-17(23)21-9-7-15(8-10-21)20-16(12-22)13-5-4-6-14(19)11-13/h4-6,11,15-16,20,22H,7-10,12H2,1-3H3/t16-/m0/s1. The quantitative estimate of drug-likeness (QED) is 0.870. The lowest BCUT2D eigenvalue weighted by atomic mass is 10.0. The second kappa shape index (κ2) is 8.19. The Hall–Kier alpha value is -1.30. The first-order valence-corrected chi connectivity index (χ1v) is 8.76. The fourth-order valence-corrected chi connectivity index (χ4v) is 3.02. The molecule has 6 heteroatoms. The maximum atomic E-state index is 12.1. The van der Waals surface area contributed by atoms with Crippen LogP contribution >= 0.6 is 11.6 Å². The van der Waals surface area contributed by atoms with Gasteiger partial charge in [-0.3, -0.25) is 0 Å². The van der Waals surface area contributed by atoms with Crippen LogP contribution < -0.4 is 5.32 Å². The van der Waals surface area contributed by atoms with E-state index in [2.05, 4.69) is 5.32 Å². The van der Waals surface area contributed by atoms with Gasteiger partial charge < -0.3 is 20.1 Å². The van der Waals surface area contributed by atoms with E-state index in [-0.39, 0.29) is 24.8 Å². The smallest absolute Gasteiger partial charge is 0.410 e. The number of halogens is 1. The summed E-state index contributed by atoms with van der Waals surface area (Å²) in [5, 5.41) is 13.8. The average molecular weight is 355 g/mol. The van der Waals surface area contributed by atoms with E-state index >= 15 is 0 Å². The van der Waals surface area contributed by atoms with Crippen molar-refractivity contribution in [3.63, 3.8) is 0 Å². The van der Waals surface area contributed by atoms with E-state index < -0.39 is 5.60 Å². The number of carbonyl (C=O) groups excluding carboxylic acids is 1. The Labute approximate surface area is 148 Å². The summed E-state index contributed by atoms with van der Waals surface area (Å²) in [4.78, 5) is 13.8. The molecule has 0 aromatic heterocycles. The van der Waals surface area contributed by atoms with Crippen LogP contribution in [-0.4, -0.2) is 47.4 Å². The molecule has 1 aliphatic rings. The summed E-state index contributed by atoms with van der Waals surface area (Å²) in [6.45, 7) is 6.93. The van der Waals surface area contributed by atoms with Crippen molar-refractivity contribution in [3.8, 4) is 0 Å². The number of hydrogen-bond acceptors (Lipinski definition) is 4. The maximum Gasteiger partial charge on any atom is 0.410 e. The molecule has 1 aromatic carbocycles. The number of nitrogens with one attached hydrogen (secondary N) is 1. The van der Waals surface area contributed by atoms with Crippen molar-refractivity contribution in [1.29, 1.82) is 0 Å². The van der Waals surface area contributed by atoms with Crippen LogP contribution in [0.25, 0.3) is 0 Å². The highest BCUT2D eigenvalue weighted by atomic mass is 35.5. The molecule has 2 N–H and O–H groups in total. The molecule has 1 amide bonds. The molecule has 0 radical (unpaired) electrons. The monoisotopic (exact) mass is 354 g/mol. The summed E-state index contributed by atoms with van der Waals surface area (Å²) >= 11 is 6.03. The topological polar surface area (TPSA) is 61.8 Å². The number of rotatable bonds is 4. The van der Waals surface area contributed by atoms with Gasteiger partial charge in [-0.15, -0.1) is 0 Å². The molecule has 2 rings (SSSR count). The number of hydrogen-bond donors (Lipinski definition) is 2. The summed E-state index contributed by atoms with van der Waals surface area (Å²) in [6.07, 6.45) is 1.40. The number of aliphatic hydroxyl groups excluding tert-OH is 1. The third-order valence-electron chi connectivity index (χ3n) is 4.02. The molecule has 0 spiro atoms. The summed E-state index contributed by atoms with van der Waals surface area (Å²) in [5.41, 5.74) is 0.500. The molecule has 5 nitrogen and oxygen atoms in total. The van der Waals surface area contributed by atoms with Gasteiger partial charge in [0.25, 0.3) is 0 Å². The zero-order valence-electron chi connectivity index (χ0n) is 14.6. The van der Waals surface area contributed by atoms with Crippen molar-refractivity contribution in [2.24, 2.45) is 0 Å². The maximum absolute atomic E-state index is 12.1. The van der Waals surface area contributed by atoms with Gasteiger partial charge >= 0.3 is 6.09 Å². The highest BCUT2D eigenvalue weighted by molar-refractivity contribution is 6.30. The fourth-order valence-electron chi connectivity index (χ4n) is 2.82. The minimum atomic E-state index is -0.471. The van der Waals surface area contributed by atoms with Crippen LogP contribution in [0.4, 0.5) is 4.79 Å². The molecular weight excluding hydrogens is 328 g/mol. The summed E-state index contributed by atoms with van der Waals surface area (Å²) < 4.78 is 5.41. The predicted octanol–water partition coefficient (Wildman–Crippen LogP) is 3.36. The van der Waals surface area contributed by atoms with E-state index in [9.17, 15) is 9.90 Å². The third kappa shape index (κ3) is 5.65. The molecule has 1 aromatic rings. The lowest BCUT2D eigenvalue weighted by molar-refractivity contribution is 0.0193. The normalized spacial score (nSPS) is 17.6. The minimum Gasteiger partial charge on any atom is -0.444 e. The minimum absolute atomic E-state index is 0.00657. The van der Waals surface area contributed by atoms with Crippen molar-refractivity contribution in [2.45, 2.75) is 51.3 Å². The fraction of sp³-hybridized carbons (Fsp3) is 0.611. The van der Waals surface area contributed by atoms with Crippen LogP contribution in [0.3, 0.4) is 0 Å². The second-order valence-electron chi connectivity index (χ2n) is 7.20. The lowest BCUT2D eigenvalue weighted by Crippen LogP contribution is -2.47. The molecule has 0 saturated carbocycles. The Bertz CT molecular complexity index is 551. The number of benzene rings is 1. The third-order valence-corrected chi connectivity index (χ3v) is 4.25. The van der Waals surface area contributed by atoms with E-state index in [1.165, 1.54) is 0 Å². The first-order valence-electron chi connectivity index (χ1n) is 8.39. The second-order valence-corrected chi connectivity index (χ2v) is 7.63. The number of piperidine rings is 1. The van der Waals surface area contributed by atoms with E-state index in [0.29, 0.717) is 18.1 Å². The number of amides is 1. The zero-order valence-corrected chi connectivity index (χ0v) is 15.3. The summed E-state index contributed by atoms with van der Waals surface area (Å²) in [7, 11) is 0. The van der Waals surface area contributed by atoms with Crippen LogP contribution in [0.1, 0.15) is 45.2 Å². The Morgan fingerprint density at radius 3 is 2.62 bits per heavy atom. The Morgan fingerprint density at radius 2 is 2.08 bits per heavy atom. The number of aliphatic hydroxyl groups is 1. The summed E-state index contributed by atoms with van der Waals surface area (Å²) in [6, 6.07) is 7.62. The molecule has 0 aliphatic carbocycles. The number of carbonyl (C=O) groups is 1. The van der Waals surface area contributed by atoms with Gasteiger partial charge in [0.15, 0.2) is 0 Å². The zero-order chi connectivity index (χ0) is 17.7. The Morgan fingerprint density at radius 1 is 1.42 bits per heavy atom. The van der Waals surface area contributed by atoms with Crippen molar-refractivity contribution in [1.82, 2.24) is 10.2 Å². The first-order chi connectivity index (χ1) is 11.3. The highest BCUT2D eigenvalue weighted by Crippen LogP contribution is 2.21. The molecule has 1 aliphatic heterocycles. The van der Waals surface area contributed by atoms with Crippen molar-refractivity contribution in [3.05, 3.63) is 34.9 Å². The predicted molar refractivity (Wildman–Crippen MR) is 95.2 cm³/mol. The average Bonchev–Trinajstić information content (AvgIpc) is 2.51. The van der Waals surface area contributed by atoms with Gasteiger partial charge in [-0.2, -0.15) is 0 Å². The number of nitrogens with zero attached hydrogens (tertiary/aromatic N) is 1. The molecule has 0 bridgehead atoms. The molecule has 1 heterocycles. The molecule has 1 saturated heterocycles. The van der Waals surface area contributed by atoms with Crippen molar-refractivity contribution in [2.75, 3.05) is 19.7 Å². The van der Waals surface area contributed by atoms with Crippen LogP contribution in [0.5, 0.6) is 0 Å². The number of likely N-dealkylation sites (tertiary alicyclic amines) is 1. The highest BCUT2D eigenvalue weighted by Gasteiger charge is 2.28. The Balaban J connectivity index is 1.86. The van der Waals surface area contributed by atoms with Crippen LogP contribution in [0, 0.1) is 0 Å². The van der Waals surface area contributed by atoms with Crippen LogP contribution in [0.15, 0.2) is 24.3 Å². The molecule has 1 atom stereocenters. The molecular formula is C18H27ClN2O3. The van der Waals surface area contributed by atoms with Gasteiger partial charge in [0.2, 0.25) is 0 Å². The molecule has 24 heavy (non-hydrogen) atoms. The van der Waals surface area contributed by atoms with Gasteiger partial charge in [-0.05, 0) is 51.3 Å². The molecule has 1 fully saturated rings. The van der Waals surface area contributed by atoms with Gasteiger partial charge in [0.05, 0.1) is 12.6 Å². The Kier molecular flexibility index (Phi) is 6.49. The lowest BCUT2D eigenvalue weighted by Gasteiger charge is -2.35. The molecule has 0 unspecified atom stereocenters. The van der Waals surface area contributed by atoms with Crippen molar-refractivity contribution >= 4 is 17.7 Å². The van der Waals surface area contributed by atoms with Crippen LogP contribution in [0.2, 0.25) is 5.02 Å². The van der Waals surface area contributed by atoms with E-state index in [0.717, 1.165) is 18.4 Å². The summed E-state index contributed by atoms with van der Waals surface area (Å²) in [5.74, 6) is 0. The van der Waals surface area contributed by atoms with Crippen molar-refractivity contribution < 1.29 is 14.6 Å². The van der Waals surface area contributed by atoms with Gasteiger partial charge in [-0.1, -0.05) is 23.7 Å². The van der Waals surface area contributed by atoms with Crippen LogP contribution in [-0.2, 0) is 4.74 Å². The largest absolute Gasteiger partial charge is 0.444 e. The SMILES string of the molecule is CC(C)(C)OC(=O)N1CCC(N[C@@H](CO)c2cccc(Cl)c2)CC1.